The van der Waals surface area contributed by atoms with Crippen molar-refractivity contribution in [1.29, 1.82) is 0 Å². The molecule has 1 saturated heterocycles. The van der Waals surface area contributed by atoms with E-state index >= 15 is 0 Å². The SMILES string of the molecule is CC(CN)S(=O)(=O)NCCC1CCCCO1. The third-order valence-corrected chi connectivity index (χ3v) is 4.76. The highest BCUT2D eigenvalue weighted by atomic mass is 32.2. The van der Waals surface area contributed by atoms with E-state index in [1.807, 2.05) is 0 Å². The molecule has 16 heavy (non-hydrogen) atoms. The van der Waals surface area contributed by atoms with E-state index < -0.39 is 15.3 Å². The van der Waals surface area contributed by atoms with E-state index in [2.05, 4.69) is 4.72 Å². The van der Waals surface area contributed by atoms with Crippen LogP contribution < -0.4 is 10.5 Å². The molecule has 0 aromatic rings. The van der Waals surface area contributed by atoms with Crippen molar-refractivity contribution in [2.75, 3.05) is 19.7 Å². The van der Waals surface area contributed by atoms with Gasteiger partial charge in [-0.1, -0.05) is 0 Å². The van der Waals surface area contributed by atoms with E-state index in [-0.39, 0.29) is 12.6 Å². The highest BCUT2D eigenvalue weighted by molar-refractivity contribution is 7.90. The van der Waals surface area contributed by atoms with E-state index in [0.29, 0.717) is 6.54 Å². The van der Waals surface area contributed by atoms with Crippen molar-refractivity contribution < 1.29 is 13.2 Å². The lowest BCUT2D eigenvalue weighted by Gasteiger charge is -2.22. The fourth-order valence-electron chi connectivity index (χ4n) is 1.67. The van der Waals surface area contributed by atoms with Crippen molar-refractivity contribution in [3.8, 4) is 0 Å². The zero-order valence-corrected chi connectivity index (χ0v) is 10.6. The van der Waals surface area contributed by atoms with Crippen molar-refractivity contribution >= 4 is 10.0 Å². The van der Waals surface area contributed by atoms with Gasteiger partial charge in [-0.15, -0.1) is 0 Å². The van der Waals surface area contributed by atoms with Crippen LogP contribution in [-0.4, -0.2) is 39.5 Å². The maximum atomic E-state index is 11.6. The highest BCUT2D eigenvalue weighted by Gasteiger charge is 2.19. The first kappa shape index (κ1) is 13.9. The van der Waals surface area contributed by atoms with Crippen LogP contribution in [0.25, 0.3) is 0 Å². The van der Waals surface area contributed by atoms with Gasteiger partial charge in [-0.25, -0.2) is 13.1 Å². The van der Waals surface area contributed by atoms with Gasteiger partial charge in [0.2, 0.25) is 10.0 Å². The van der Waals surface area contributed by atoms with Gasteiger partial charge in [0.05, 0.1) is 11.4 Å². The Kier molecular flexibility index (Phi) is 5.68. The highest BCUT2D eigenvalue weighted by Crippen LogP contribution is 2.15. The average Bonchev–Trinajstić information content (AvgIpc) is 2.29. The molecule has 6 heteroatoms. The molecule has 2 unspecified atom stereocenters. The maximum Gasteiger partial charge on any atom is 0.215 e. The number of nitrogens with two attached hydrogens (primary N) is 1. The van der Waals surface area contributed by atoms with E-state index in [4.69, 9.17) is 10.5 Å². The van der Waals surface area contributed by atoms with Gasteiger partial charge >= 0.3 is 0 Å². The van der Waals surface area contributed by atoms with Gasteiger partial charge in [-0.2, -0.15) is 0 Å². The van der Waals surface area contributed by atoms with Crippen LogP contribution in [0.15, 0.2) is 0 Å². The first-order valence-corrected chi connectivity index (χ1v) is 7.41. The van der Waals surface area contributed by atoms with Crippen LogP contribution in [0.5, 0.6) is 0 Å². The molecule has 0 aliphatic carbocycles. The molecule has 2 atom stereocenters. The molecule has 0 saturated carbocycles. The van der Waals surface area contributed by atoms with Crippen molar-refractivity contribution in [2.45, 2.75) is 44.0 Å². The summed E-state index contributed by atoms with van der Waals surface area (Å²) < 4.78 is 31.2. The molecule has 0 radical (unpaired) electrons. The summed E-state index contributed by atoms with van der Waals surface area (Å²) in [6, 6.07) is 0. The number of ether oxygens (including phenoxy) is 1. The predicted octanol–water partition coefficient (Wildman–Crippen LogP) is 0.212. The van der Waals surface area contributed by atoms with Crippen LogP contribution in [0.2, 0.25) is 0 Å². The lowest BCUT2D eigenvalue weighted by atomic mass is 10.1. The number of nitrogens with one attached hydrogen (secondary N) is 1. The van der Waals surface area contributed by atoms with Crippen LogP contribution in [0.1, 0.15) is 32.6 Å². The fraction of sp³-hybridized carbons (Fsp3) is 1.00. The Morgan fingerprint density at radius 2 is 2.25 bits per heavy atom. The molecule has 0 bridgehead atoms. The van der Waals surface area contributed by atoms with Crippen molar-refractivity contribution in [3.63, 3.8) is 0 Å². The molecule has 1 aliphatic heterocycles. The lowest BCUT2D eigenvalue weighted by molar-refractivity contribution is 0.0123. The fourth-order valence-corrected chi connectivity index (χ4v) is 2.61. The number of rotatable bonds is 6. The van der Waals surface area contributed by atoms with Crippen LogP contribution >= 0.6 is 0 Å². The largest absolute Gasteiger partial charge is 0.378 e. The summed E-state index contributed by atoms with van der Waals surface area (Å²) in [7, 11) is -3.24. The molecule has 1 fully saturated rings. The summed E-state index contributed by atoms with van der Waals surface area (Å²) >= 11 is 0. The standard InChI is InChI=1S/C10H22N2O3S/c1-9(8-11)16(13,14)12-6-5-10-4-2-3-7-15-10/h9-10,12H,2-8,11H2,1H3. The Bertz CT molecular complexity index is 286. The van der Waals surface area contributed by atoms with Gasteiger partial charge in [0, 0.05) is 19.7 Å². The minimum Gasteiger partial charge on any atom is -0.378 e. The van der Waals surface area contributed by atoms with E-state index in [9.17, 15) is 8.42 Å². The van der Waals surface area contributed by atoms with Crippen LogP contribution in [-0.2, 0) is 14.8 Å². The van der Waals surface area contributed by atoms with E-state index in [1.54, 1.807) is 6.92 Å². The number of hydrogen-bond acceptors (Lipinski definition) is 4. The minimum atomic E-state index is -3.24. The molecule has 1 rings (SSSR count). The molecule has 0 aromatic carbocycles. The van der Waals surface area contributed by atoms with E-state index in [0.717, 1.165) is 25.9 Å². The Balaban J connectivity index is 2.23. The Morgan fingerprint density at radius 1 is 1.50 bits per heavy atom. The first-order valence-electron chi connectivity index (χ1n) is 5.86. The number of sulfonamides is 1. The van der Waals surface area contributed by atoms with E-state index in [1.165, 1.54) is 6.42 Å². The normalized spacial score (nSPS) is 24.2. The third-order valence-electron chi connectivity index (χ3n) is 2.91. The van der Waals surface area contributed by atoms with Gasteiger partial charge in [-0.05, 0) is 32.6 Å². The molecule has 1 aliphatic rings. The zero-order chi connectivity index (χ0) is 12.0. The molecule has 0 aromatic heterocycles. The summed E-state index contributed by atoms with van der Waals surface area (Å²) in [5.41, 5.74) is 5.33. The second-order valence-corrected chi connectivity index (χ2v) is 6.45. The lowest BCUT2D eigenvalue weighted by Crippen LogP contribution is -2.38. The molecule has 1 heterocycles. The topological polar surface area (TPSA) is 81.4 Å². The Hall–Kier alpha value is -0.170. The monoisotopic (exact) mass is 250 g/mol. The van der Waals surface area contributed by atoms with Gasteiger partial charge in [0.25, 0.3) is 0 Å². The molecular weight excluding hydrogens is 228 g/mol. The van der Waals surface area contributed by atoms with Crippen LogP contribution in [0.3, 0.4) is 0 Å². The summed E-state index contributed by atoms with van der Waals surface area (Å²) in [6.07, 6.45) is 4.29. The maximum absolute atomic E-state index is 11.6. The summed E-state index contributed by atoms with van der Waals surface area (Å²) in [5.74, 6) is 0. The summed E-state index contributed by atoms with van der Waals surface area (Å²) in [4.78, 5) is 0. The molecule has 5 nitrogen and oxygen atoms in total. The van der Waals surface area contributed by atoms with Gasteiger partial charge in [-0.3, -0.25) is 0 Å². The van der Waals surface area contributed by atoms with Crippen LogP contribution in [0, 0.1) is 0 Å². The number of hydrogen-bond donors (Lipinski definition) is 2. The second kappa shape index (κ2) is 6.54. The predicted molar refractivity (Wildman–Crippen MR) is 63.6 cm³/mol. The van der Waals surface area contributed by atoms with Gasteiger partial charge in [0.1, 0.15) is 0 Å². The molecule has 0 amide bonds. The van der Waals surface area contributed by atoms with Gasteiger partial charge < -0.3 is 10.5 Å². The molecule has 96 valence electrons. The minimum absolute atomic E-state index is 0.148. The molecule has 0 spiro atoms. The third kappa shape index (κ3) is 4.37. The first-order chi connectivity index (χ1) is 7.56. The van der Waals surface area contributed by atoms with Crippen LogP contribution in [0.4, 0.5) is 0 Å². The Morgan fingerprint density at radius 3 is 2.81 bits per heavy atom. The van der Waals surface area contributed by atoms with Crippen molar-refractivity contribution in [2.24, 2.45) is 5.73 Å². The van der Waals surface area contributed by atoms with Crippen molar-refractivity contribution in [3.05, 3.63) is 0 Å². The zero-order valence-electron chi connectivity index (χ0n) is 9.81. The quantitative estimate of drug-likeness (QED) is 0.706. The van der Waals surface area contributed by atoms with Gasteiger partial charge in [0.15, 0.2) is 0 Å². The van der Waals surface area contributed by atoms with Crippen molar-refractivity contribution in [1.82, 2.24) is 4.72 Å². The smallest absolute Gasteiger partial charge is 0.215 e. The summed E-state index contributed by atoms with van der Waals surface area (Å²) in [5, 5.41) is -0.528. The second-order valence-electron chi connectivity index (χ2n) is 4.26. The molecule has 3 N–H and O–H groups in total. The summed E-state index contributed by atoms with van der Waals surface area (Å²) in [6.45, 7) is 3.00. The average molecular weight is 250 g/mol. The Labute approximate surface area is 97.8 Å². The molecular formula is C10H22N2O3S.